The second-order valence-electron chi connectivity index (χ2n) is 3.13. The third-order valence-corrected chi connectivity index (χ3v) is 2.55. The fourth-order valence-electron chi connectivity index (χ4n) is 1.61. The van der Waals surface area contributed by atoms with Gasteiger partial charge >= 0.3 is 0 Å². The van der Waals surface area contributed by atoms with Crippen molar-refractivity contribution in [2.75, 3.05) is 6.61 Å². The number of ether oxygens (including phenoxy) is 1. The molecule has 0 amide bonds. The minimum absolute atomic E-state index is 0.363. The summed E-state index contributed by atoms with van der Waals surface area (Å²) >= 11 is 0. The number of aliphatic hydroxyl groups is 1. The Balaban J connectivity index is 4.45. The molecule has 1 N–H and O–H groups in total. The van der Waals surface area contributed by atoms with E-state index in [-0.39, 0.29) is 0 Å². The molecule has 1 unspecified atom stereocenters. The molecule has 0 aromatic rings. The van der Waals surface area contributed by atoms with Crippen LogP contribution in [0.4, 0.5) is 0 Å². The quantitative estimate of drug-likeness (QED) is 0.639. The van der Waals surface area contributed by atoms with Gasteiger partial charge in [0.15, 0.2) is 0 Å². The predicted octanol–water partition coefficient (Wildman–Crippen LogP) is 1.97. The zero-order chi connectivity index (χ0) is 10.3. The molecule has 2 nitrogen and oxygen atoms in total. The average molecular weight is 184 g/mol. The lowest BCUT2D eigenvalue weighted by atomic mass is 9.88. The van der Waals surface area contributed by atoms with Gasteiger partial charge in [0.1, 0.15) is 0 Å². The van der Waals surface area contributed by atoms with Crippen LogP contribution < -0.4 is 0 Å². The third-order valence-electron chi connectivity index (χ3n) is 2.55. The summed E-state index contributed by atoms with van der Waals surface area (Å²) in [5, 5.41) is 9.82. The van der Waals surface area contributed by atoms with E-state index in [1.165, 1.54) is 0 Å². The predicted molar refractivity (Wildman–Crippen MR) is 54.4 cm³/mol. The smallest absolute Gasteiger partial charge is 0.0944 e. The Bertz CT molecular complexity index is 165. The molecule has 0 aliphatic heterocycles. The monoisotopic (exact) mass is 184 g/mol. The van der Waals surface area contributed by atoms with E-state index in [1.54, 1.807) is 0 Å². The Labute approximate surface area is 81.3 Å². The summed E-state index contributed by atoms with van der Waals surface area (Å²) in [5.74, 6) is 2.47. The van der Waals surface area contributed by atoms with Crippen molar-refractivity contribution < 1.29 is 9.84 Å². The average Bonchev–Trinajstić information content (AvgIpc) is 2.14. The van der Waals surface area contributed by atoms with Crippen LogP contribution in [0.3, 0.4) is 0 Å². The molecule has 0 heterocycles. The van der Waals surface area contributed by atoms with Gasteiger partial charge in [-0.3, -0.25) is 0 Å². The standard InChI is InChI=1S/C11H20O2/c1-5-9-10(12)11(6-2,7-3)13-8-4/h1,10,12H,6-9H2,2-4H3. The summed E-state index contributed by atoms with van der Waals surface area (Å²) in [6.07, 6.45) is 6.56. The molecule has 13 heavy (non-hydrogen) atoms. The summed E-state index contributed by atoms with van der Waals surface area (Å²) < 4.78 is 5.60. The molecular formula is C11H20O2. The van der Waals surface area contributed by atoms with Gasteiger partial charge < -0.3 is 9.84 Å². The molecule has 0 rings (SSSR count). The van der Waals surface area contributed by atoms with E-state index in [0.717, 1.165) is 12.8 Å². The van der Waals surface area contributed by atoms with E-state index in [9.17, 15) is 5.11 Å². The van der Waals surface area contributed by atoms with Crippen LogP contribution in [-0.2, 0) is 4.74 Å². The summed E-state index contributed by atoms with van der Waals surface area (Å²) in [7, 11) is 0. The lowest BCUT2D eigenvalue weighted by molar-refractivity contribution is -0.122. The van der Waals surface area contributed by atoms with Crippen LogP contribution in [0.2, 0.25) is 0 Å². The van der Waals surface area contributed by atoms with E-state index in [2.05, 4.69) is 5.92 Å². The minimum Gasteiger partial charge on any atom is -0.389 e. The van der Waals surface area contributed by atoms with Gasteiger partial charge in [-0.2, -0.15) is 0 Å². The number of aliphatic hydroxyl groups excluding tert-OH is 1. The van der Waals surface area contributed by atoms with Gasteiger partial charge in [0, 0.05) is 13.0 Å². The number of terminal acetylenes is 1. The van der Waals surface area contributed by atoms with Crippen molar-refractivity contribution in [3.8, 4) is 12.3 Å². The SMILES string of the molecule is C#CCC(O)C(CC)(CC)OCC. The summed E-state index contributed by atoms with van der Waals surface area (Å²) in [4.78, 5) is 0. The molecule has 0 aliphatic rings. The van der Waals surface area contributed by atoms with E-state index in [0.29, 0.717) is 13.0 Å². The number of hydrogen-bond donors (Lipinski definition) is 1. The van der Waals surface area contributed by atoms with Crippen LogP contribution in [0, 0.1) is 12.3 Å². The molecule has 0 saturated heterocycles. The van der Waals surface area contributed by atoms with Crippen LogP contribution in [0.15, 0.2) is 0 Å². The first-order valence-corrected chi connectivity index (χ1v) is 4.92. The molecule has 0 radical (unpaired) electrons. The summed E-state index contributed by atoms with van der Waals surface area (Å²) in [6.45, 7) is 6.57. The molecule has 0 aromatic heterocycles. The van der Waals surface area contributed by atoms with Crippen molar-refractivity contribution in [1.29, 1.82) is 0 Å². The molecule has 76 valence electrons. The van der Waals surface area contributed by atoms with Crippen molar-refractivity contribution in [2.45, 2.75) is 51.7 Å². The topological polar surface area (TPSA) is 29.5 Å². The van der Waals surface area contributed by atoms with Gasteiger partial charge in [0.05, 0.1) is 11.7 Å². The van der Waals surface area contributed by atoms with Gasteiger partial charge in [0.2, 0.25) is 0 Å². The Morgan fingerprint density at radius 1 is 1.38 bits per heavy atom. The number of hydrogen-bond acceptors (Lipinski definition) is 2. The van der Waals surface area contributed by atoms with E-state index < -0.39 is 11.7 Å². The second-order valence-corrected chi connectivity index (χ2v) is 3.13. The van der Waals surface area contributed by atoms with Crippen LogP contribution in [0.25, 0.3) is 0 Å². The van der Waals surface area contributed by atoms with Crippen molar-refractivity contribution >= 4 is 0 Å². The van der Waals surface area contributed by atoms with E-state index in [1.807, 2.05) is 20.8 Å². The molecule has 2 heteroatoms. The van der Waals surface area contributed by atoms with Crippen LogP contribution in [-0.4, -0.2) is 23.4 Å². The van der Waals surface area contributed by atoms with Crippen molar-refractivity contribution in [2.24, 2.45) is 0 Å². The van der Waals surface area contributed by atoms with Crippen molar-refractivity contribution in [3.63, 3.8) is 0 Å². The maximum atomic E-state index is 9.82. The summed E-state index contributed by atoms with van der Waals surface area (Å²) in [5.41, 5.74) is -0.443. The Kier molecular flexibility index (Phi) is 5.77. The largest absolute Gasteiger partial charge is 0.389 e. The van der Waals surface area contributed by atoms with Crippen LogP contribution in [0.5, 0.6) is 0 Å². The Morgan fingerprint density at radius 3 is 2.23 bits per heavy atom. The fourth-order valence-corrected chi connectivity index (χ4v) is 1.61. The zero-order valence-electron chi connectivity index (χ0n) is 8.84. The highest BCUT2D eigenvalue weighted by molar-refractivity contribution is 4.95. The van der Waals surface area contributed by atoms with Crippen LogP contribution >= 0.6 is 0 Å². The molecule has 0 spiro atoms. The highest BCUT2D eigenvalue weighted by atomic mass is 16.5. The highest BCUT2D eigenvalue weighted by Crippen LogP contribution is 2.26. The number of rotatable bonds is 6. The first kappa shape index (κ1) is 12.5. The zero-order valence-corrected chi connectivity index (χ0v) is 8.84. The molecule has 0 aromatic carbocycles. The molecule has 0 fully saturated rings. The van der Waals surface area contributed by atoms with Gasteiger partial charge in [-0.1, -0.05) is 13.8 Å². The maximum Gasteiger partial charge on any atom is 0.0944 e. The maximum absolute atomic E-state index is 9.82. The summed E-state index contributed by atoms with van der Waals surface area (Å²) in [6, 6.07) is 0. The highest BCUT2D eigenvalue weighted by Gasteiger charge is 2.34. The molecule has 0 aliphatic carbocycles. The van der Waals surface area contributed by atoms with Gasteiger partial charge in [-0.15, -0.1) is 12.3 Å². The lowest BCUT2D eigenvalue weighted by Gasteiger charge is -2.35. The minimum atomic E-state index is -0.549. The fraction of sp³-hybridized carbons (Fsp3) is 0.818. The Morgan fingerprint density at radius 2 is 1.92 bits per heavy atom. The van der Waals surface area contributed by atoms with Crippen LogP contribution in [0.1, 0.15) is 40.0 Å². The third kappa shape index (κ3) is 3.02. The van der Waals surface area contributed by atoms with Gasteiger partial charge in [-0.05, 0) is 19.8 Å². The Hall–Kier alpha value is -0.520. The second kappa shape index (κ2) is 6.01. The van der Waals surface area contributed by atoms with Crippen molar-refractivity contribution in [3.05, 3.63) is 0 Å². The van der Waals surface area contributed by atoms with E-state index in [4.69, 9.17) is 11.2 Å². The first-order chi connectivity index (χ1) is 6.16. The molecule has 0 bridgehead atoms. The molecular weight excluding hydrogens is 164 g/mol. The normalized spacial score (nSPS) is 13.8. The van der Waals surface area contributed by atoms with Gasteiger partial charge in [0.25, 0.3) is 0 Å². The van der Waals surface area contributed by atoms with Crippen molar-refractivity contribution in [1.82, 2.24) is 0 Å². The molecule has 1 atom stereocenters. The molecule has 0 saturated carbocycles. The van der Waals surface area contributed by atoms with Gasteiger partial charge in [-0.25, -0.2) is 0 Å². The lowest BCUT2D eigenvalue weighted by Crippen LogP contribution is -2.43. The van der Waals surface area contributed by atoms with E-state index >= 15 is 0 Å². The first-order valence-electron chi connectivity index (χ1n) is 4.92.